The second kappa shape index (κ2) is 66.0. The Morgan fingerprint density at radius 1 is 0.267 bits per heavy atom. The predicted octanol–water partition coefficient (Wildman–Crippen LogP) is 20.4. The lowest BCUT2D eigenvalue weighted by Crippen LogP contribution is -2.54. The summed E-state index contributed by atoms with van der Waals surface area (Å²) in [4.78, 5) is 84.6. The van der Waals surface area contributed by atoms with Crippen molar-refractivity contribution in [3.63, 3.8) is 0 Å². The Hall–Kier alpha value is -7.94. The number of carbonyl (C=O) groups excluding carboxylic acids is 6. The van der Waals surface area contributed by atoms with E-state index in [1.54, 1.807) is 0 Å². The van der Waals surface area contributed by atoms with Gasteiger partial charge in [0.25, 0.3) is 0 Å². The van der Waals surface area contributed by atoms with Gasteiger partial charge < -0.3 is 73.2 Å². The molecular weight excluding hydrogens is 1470 g/mol. The lowest BCUT2D eigenvalue weighted by molar-refractivity contribution is -0.150. The number of benzene rings is 4. The first-order valence-corrected chi connectivity index (χ1v) is 45.2. The molecule has 0 radical (unpaired) electrons. The maximum Gasteiger partial charge on any atom is 0.328 e. The molecule has 4 N–H and O–H groups in total. The Kier molecular flexibility index (Phi) is 57.2. The maximum atomic E-state index is 14.9. The van der Waals surface area contributed by atoms with Crippen LogP contribution >= 0.6 is 0 Å². The Morgan fingerprint density at radius 3 is 0.767 bits per heavy atom. The first-order valence-electron chi connectivity index (χ1n) is 45.2. The first kappa shape index (κ1) is 100. The fourth-order valence-electron chi connectivity index (χ4n) is 12.9. The molecule has 21 heteroatoms. The quantitative estimate of drug-likeness (QED) is 0.0211. The minimum absolute atomic E-state index is 0.00504. The molecule has 0 heterocycles. The Balaban J connectivity index is 1.58. The highest BCUT2D eigenvalue weighted by atomic mass is 16.6. The number of carbonyl (C=O) groups is 6. The highest BCUT2D eigenvalue weighted by molar-refractivity contribution is 5.92. The average molecular weight is 1620 g/mol. The van der Waals surface area contributed by atoms with Gasteiger partial charge in [0.1, 0.15) is 12.1 Å². The van der Waals surface area contributed by atoms with Gasteiger partial charge in [-0.05, 0) is 141 Å². The first-order chi connectivity index (χ1) is 56.7. The van der Waals surface area contributed by atoms with Crippen LogP contribution in [-0.2, 0) is 73.4 Å². The molecule has 21 nitrogen and oxygen atoms in total. The van der Waals surface area contributed by atoms with E-state index in [1.807, 2.05) is 72.8 Å². The molecule has 3 atom stereocenters. The largest absolute Gasteiger partial charge is 0.490 e. The second-order valence-electron chi connectivity index (χ2n) is 30.6. The van der Waals surface area contributed by atoms with E-state index in [-0.39, 0.29) is 71.4 Å². The van der Waals surface area contributed by atoms with Gasteiger partial charge in [-0.1, -0.05) is 234 Å². The predicted molar refractivity (Wildman–Crippen MR) is 461 cm³/mol. The number of hydrogen-bond acceptors (Lipinski definition) is 19. The summed E-state index contributed by atoms with van der Waals surface area (Å²) in [5.74, 6) is 0.796. The Morgan fingerprint density at radius 2 is 0.500 bits per heavy atom. The van der Waals surface area contributed by atoms with E-state index in [9.17, 15) is 28.8 Å². The molecule has 4 aromatic rings. The van der Waals surface area contributed by atoms with Crippen molar-refractivity contribution in [1.82, 2.24) is 10.6 Å². The van der Waals surface area contributed by atoms with Gasteiger partial charge >= 0.3 is 23.9 Å². The molecule has 0 bridgehead atoms. The highest BCUT2D eigenvalue weighted by Gasteiger charge is 2.31. The summed E-state index contributed by atoms with van der Waals surface area (Å²) in [5.41, 5.74) is 9.96. The molecule has 2 amide bonds. The van der Waals surface area contributed by atoms with E-state index in [0.29, 0.717) is 118 Å². The summed E-state index contributed by atoms with van der Waals surface area (Å²) in [6.07, 6.45) is 33.6. The van der Waals surface area contributed by atoms with Crippen molar-refractivity contribution in [1.29, 1.82) is 0 Å². The van der Waals surface area contributed by atoms with Gasteiger partial charge in [0, 0.05) is 44.9 Å². The third-order valence-electron chi connectivity index (χ3n) is 20.2. The van der Waals surface area contributed by atoms with Gasteiger partial charge in [0.15, 0.2) is 46.0 Å². The van der Waals surface area contributed by atoms with Crippen molar-refractivity contribution in [2.24, 2.45) is 5.73 Å². The van der Waals surface area contributed by atoms with Crippen LogP contribution in [0.15, 0.2) is 72.8 Å². The monoisotopic (exact) mass is 1620 g/mol. The van der Waals surface area contributed by atoms with Crippen molar-refractivity contribution in [2.75, 3.05) is 79.3 Å². The van der Waals surface area contributed by atoms with Crippen LogP contribution in [0, 0.1) is 0 Å². The summed E-state index contributed by atoms with van der Waals surface area (Å²) < 4.78 is 73.1. The number of rotatable bonds is 74. The van der Waals surface area contributed by atoms with Crippen molar-refractivity contribution in [3.05, 3.63) is 95.1 Å². The third kappa shape index (κ3) is 46.3. The maximum absolute atomic E-state index is 14.9. The lowest BCUT2D eigenvalue weighted by Gasteiger charge is -2.24. The molecule has 4 rings (SSSR count). The Bertz CT molecular complexity index is 3270. The normalized spacial score (nSPS) is 11.9. The van der Waals surface area contributed by atoms with Crippen LogP contribution < -0.4 is 54.3 Å². The fraction of sp³-hybridized carbons (Fsp3) is 0.684. The highest BCUT2D eigenvalue weighted by Crippen LogP contribution is 2.34. The number of esters is 4. The van der Waals surface area contributed by atoms with Crippen LogP contribution in [-0.4, -0.2) is 133 Å². The van der Waals surface area contributed by atoms with Gasteiger partial charge in [0.05, 0.1) is 85.3 Å². The zero-order valence-corrected chi connectivity index (χ0v) is 72.8. The summed E-state index contributed by atoms with van der Waals surface area (Å²) in [7, 11) is 0. The van der Waals surface area contributed by atoms with Crippen LogP contribution in [0.3, 0.4) is 0 Å². The molecular formula is C95H151N3O18. The molecule has 0 aliphatic carbocycles. The number of nitrogens with one attached hydrogen (secondary N) is 2. The molecule has 0 saturated heterocycles. The molecule has 0 spiro atoms. The van der Waals surface area contributed by atoms with E-state index >= 15 is 0 Å². The molecule has 4 aromatic carbocycles. The summed E-state index contributed by atoms with van der Waals surface area (Å²) >= 11 is 0. The second-order valence-corrected chi connectivity index (χ2v) is 30.6. The molecule has 0 aromatic heterocycles. The van der Waals surface area contributed by atoms with Gasteiger partial charge in [-0.2, -0.15) is 0 Å². The standard InChI is InChI=1S/C95H151N3O18/c1-9-17-25-33-59-105-82-48-41-75(71-86(82)109-63-37-29-21-13-5)55-67-113-90(99)52-45-79(96)93(102)97-80(46-53-91(100)114-68-56-76-42-49-83(106-60-34-26-18-10-2)87(72-76)110-64-38-30-22-14-6)94(103)98-81(95(104)116-70-58-78-44-51-85(108-62-36-28-20-12-4)89(74-78)112-66-40-32-24-16-8)47-54-92(101)115-69-57-77-43-50-84(107-61-35-27-19-11-3)88(73-77)111-65-39-31-23-15-7/h41-44,48-51,71-74,79-81H,9-40,45-47,52-70,96H2,1-8H3,(H,97,102)(H,98,103)/t79-,80-,81-/m0/s1. The minimum Gasteiger partial charge on any atom is -0.490 e. The van der Waals surface area contributed by atoms with Crippen LogP contribution in [0.25, 0.3) is 0 Å². The summed E-state index contributed by atoms with van der Waals surface area (Å²) in [6, 6.07) is 18.7. The summed E-state index contributed by atoms with van der Waals surface area (Å²) in [6.45, 7) is 21.7. The van der Waals surface area contributed by atoms with E-state index < -0.39 is 53.8 Å². The number of ether oxygens (including phenoxy) is 12. The van der Waals surface area contributed by atoms with Gasteiger partial charge in [0.2, 0.25) is 11.8 Å². The van der Waals surface area contributed by atoms with E-state index in [0.717, 1.165) is 228 Å². The molecule has 0 fully saturated rings. The van der Waals surface area contributed by atoms with E-state index in [1.165, 1.54) is 0 Å². The number of nitrogens with two attached hydrogens (primary N) is 1. The van der Waals surface area contributed by atoms with Crippen LogP contribution in [0.4, 0.5) is 0 Å². The zero-order valence-electron chi connectivity index (χ0n) is 72.8. The van der Waals surface area contributed by atoms with Crippen LogP contribution in [0.2, 0.25) is 0 Å². The number of hydrogen-bond donors (Lipinski definition) is 3. The average Bonchev–Trinajstić information content (AvgIpc) is 0.889. The molecule has 116 heavy (non-hydrogen) atoms. The molecule has 0 unspecified atom stereocenters. The van der Waals surface area contributed by atoms with Crippen molar-refractivity contribution in [2.45, 2.75) is 343 Å². The van der Waals surface area contributed by atoms with Crippen molar-refractivity contribution < 1.29 is 85.6 Å². The van der Waals surface area contributed by atoms with Gasteiger partial charge in [-0.15, -0.1) is 0 Å². The van der Waals surface area contributed by atoms with Crippen molar-refractivity contribution in [3.8, 4) is 46.0 Å². The lowest BCUT2D eigenvalue weighted by atomic mass is 10.1. The molecule has 0 aliphatic heterocycles. The third-order valence-corrected chi connectivity index (χ3v) is 20.2. The number of amides is 2. The Labute approximate surface area is 697 Å². The fourth-order valence-corrected chi connectivity index (χ4v) is 12.9. The summed E-state index contributed by atoms with van der Waals surface area (Å²) in [5, 5.41) is 5.48. The topological polar surface area (TPSA) is 263 Å². The molecule has 654 valence electrons. The number of unbranched alkanes of at least 4 members (excludes halogenated alkanes) is 24. The van der Waals surface area contributed by atoms with Crippen LogP contribution in [0.1, 0.15) is 322 Å². The molecule has 0 aliphatic rings. The van der Waals surface area contributed by atoms with E-state index in [4.69, 9.17) is 62.6 Å². The van der Waals surface area contributed by atoms with Gasteiger partial charge in [-0.3, -0.25) is 24.0 Å². The minimum atomic E-state index is -1.47. The van der Waals surface area contributed by atoms with Gasteiger partial charge in [-0.25, -0.2) is 4.79 Å². The SMILES string of the molecule is CCCCCCOc1ccc(CCOC(=O)CC[C@H](NC(=O)[C@@H](N)CCC(=O)OCCc2ccc(OCCCCCC)c(OCCCCCC)c2)C(=O)N[C@@H](CCC(=O)OCCc2ccc(OCCCCCC)c(OCCCCCC)c2)C(=O)OCCc2ccc(OCCCCCC)c(OCCCCCC)c2)cc1OCCCCCC. The smallest absolute Gasteiger partial charge is 0.328 e. The zero-order chi connectivity index (χ0) is 83.7. The molecule has 0 saturated carbocycles. The van der Waals surface area contributed by atoms with Crippen molar-refractivity contribution >= 4 is 35.7 Å². The van der Waals surface area contributed by atoms with E-state index in [2.05, 4.69) is 66.0 Å². The van der Waals surface area contributed by atoms with Crippen LogP contribution in [0.5, 0.6) is 46.0 Å².